The molecular weight excluding hydrogens is 479 g/mol. The molecule has 0 spiro atoms. The standard InChI is InChI=1S/C29H24BrFO2/c1-19-15-22(12-14-26(19)31)29-28(24-10-6-5-9-23(24)18-33-29)21-11-13-25(30)27(16-21)32-17-20-7-3-2-4-8-20/h2-16,28-29H,17-18H2,1H3. The zero-order valence-electron chi connectivity index (χ0n) is 18.3. The molecule has 4 aromatic carbocycles. The van der Waals surface area contributed by atoms with Crippen LogP contribution in [-0.4, -0.2) is 0 Å². The Morgan fingerprint density at radius 3 is 2.48 bits per heavy atom. The summed E-state index contributed by atoms with van der Waals surface area (Å²) < 4.78 is 27.4. The van der Waals surface area contributed by atoms with Crippen LogP contribution in [0.1, 0.15) is 45.4 Å². The fourth-order valence-corrected chi connectivity index (χ4v) is 4.82. The average Bonchev–Trinajstić information content (AvgIpc) is 2.85. The topological polar surface area (TPSA) is 18.5 Å². The van der Waals surface area contributed by atoms with Gasteiger partial charge in [-0.2, -0.15) is 0 Å². The maximum absolute atomic E-state index is 14.0. The summed E-state index contributed by atoms with van der Waals surface area (Å²) in [4.78, 5) is 0. The van der Waals surface area contributed by atoms with Crippen LogP contribution < -0.4 is 4.74 Å². The van der Waals surface area contributed by atoms with E-state index >= 15 is 0 Å². The van der Waals surface area contributed by atoms with Crippen molar-refractivity contribution in [1.29, 1.82) is 0 Å². The van der Waals surface area contributed by atoms with Crippen LogP contribution in [0.5, 0.6) is 5.75 Å². The first kappa shape index (κ1) is 21.9. The highest BCUT2D eigenvalue weighted by Gasteiger charge is 2.33. The Morgan fingerprint density at radius 1 is 0.909 bits per heavy atom. The first-order chi connectivity index (χ1) is 16.1. The zero-order valence-corrected chi connectivity index (χ0v) is 19.9. The van der Waals surface area contributed by atoms with Gasteiger partial charge in [-0.1, -0.05) is 72.8 Å². The van der Waals surface area contributed by atoms with Gasteiger partial charge in [0.2, 0.25) is 0 Å². The number of aryl methyl sites for hydroxylation is 1. The number of fused-ring (bicyclic) bond motifs is 1. The molecule has 0 fully saturated rings. The predicted molar refractivity (Wildman–Crippen MR) is 132 cm³/mol. The fourth-order valence-electron chi connectivity index (χ4n) is 4.46. The second-order valence-corrected chi connectivity index (χ2v) is 9.24. The van der Waals surface area contributed by atoms with Crippen molar-refractivity contribution in [2.75, 3.05) is 0 Å². The Hall–Kier alpha value is -2.95. The van der Waals surface area contributed by atoms with E-state index in [9.17, 15) is 4.39 Å². The lowest BCUT2D eigenvalue weighted by Crippen LogP contribution is -2.23. The van der Waals surface area contributed by atoms with Crippen molar-refractivity contribution in [3.8, 4) is 5.75 Å². The largest absolute Gasteiger partial charge is 0.488 e. The third-order valence-corrected chi connectivity index (χ3v) is 6.83. The summed E-state index contributed by atoms with van der Waals surface area (Å²) in [7, 11) is 0. The molecule has 0 bridgehead atoms. The van der Waals surface area contributed by atoms with Crippen molar-refractivity contribution in [2.45, 2.75) is 32.2 Å². The van der Waals surface area contributed by atoms with Gasteiger partial charge in [-0.15, -0.1) is 0 Å². The lowest BCUT2D eigenvalue weighted by atomic mass is 9.79. The van der Waals surface area contributed by atoms with Crippen LogP contribution in [0, 0.1) is 12.7 Å². The van der Waals surface area contributed by atoms with Crippen molar-refractivity contribution in [1.82, 2.24) is 0 Å². The minimum absolute atomic E-state index is 0.0352. The van der Waals surface area contributed by atoms with E-state index in [1.807, 2.05) is 42.5 Å². The fraction of sp³-hybridized carbons (Fsp3) is 0.172. The molecule has 2 atom stereocenters. The SMILES string of the molecule is Cc1cc(C2OCc3ccccc3C2c2ccc(Br)c(OCc3ccccc3)c2)ccc1F. The molecule has 0 saturated heterocycles. The molecule has 0 aliphatic carbocycles. The zero-order chi connectivity index (χ0) is 22.8. The molecule has 0 radical (unpaired) electrons. The number of rotatable bonds is 5. The molecule has 0 amide bonds. The normalized spacial score (nSPS) is 17.4. The van der Waals surface area contributed by atoms with E-state index < -0.39 is 0 Å². The lowest BCUT2D eigenvalue weighted by Gasteiger charge is -2.35. The van der Waals surface area contributed by atoms with Gasteiger partial charge in [-0.3, -0.25) is 0 Å². The third kappa shape index (κ3) is 4.59. The van der Waals surface area contributed by atoms with Crippen LogP contribution in [0.2, 0.25) is 0 Å². The van der Waals surface area contributed by atoms with Crippen LogP contribution in [-0.2, 0) is 18.0 Å². The van der Waals surface area contributed by atoms with E-state index in [2.05, 4.69) is 58.4 Å². The summed E-state index contributed by atoms with van der Waals surface area (Å²) in [5.41, 5.74) is 6.21. The molecular formula is C29H24BrFO2. The summed E-state index contributed by atoms with van der Waals surface area (Å²) in [5, 5.41) is 0. The van der Waals surface area contributed by atoms with Gasteiger partial charge in [0.05, 0.1) is 17.2 Å². The van der Waals surface area contributed by atoms with Crippen LogP contribution >= 0.6 is 15.9 Å². The van der Waals surface area contributed by atoms with E-state index in [0.717, 1.165) is 26.9 Å². The Labute approximate surface area is 202 Å². The monoisotopic (exact) mass is 502 g/mol. The second-order valence-electron chi connectivity index (χ2n) is 8.38. The first-order valence-electron chi connectivity index (χ1n) is 11.0. The molecule has 2 unspecified atom stereocenters. The Kier molecular flexibility index (Phi) is 6.30. The number of ether oxygens (including phenoxy) is 2. The summed E-state index contributed by atoms with van der Waals surface area (Å²) >= 11 is 3.64. The van der Waals surface area contributed by atoms with E-state index in [4.69, 9.17) is 9.47 Å². The molecule has 1 heterocycles. The van der Waals surface area contributed by atoms with E-state index in [1.54, 1.807) is 6.92 Å². The van der Waals surface area contributed by atoms with Gasteiger partial charge in [0.15, 0.2) is 0 Å². The van der Waals surface area contributed by atoms with Gasteiger partial charge in [-0.05, 0) is 74.4 Å². The highest BCUT2D eigenvalue weighted by atomic mass is 79.9. The van der Waals surface area contributed by atoms with Crippen molar-refractivity contribution in [3.63, 3.8) is 0 Å². The smallest absolute Gasteiger partial charge is 0.134 e. The number of hydrogen-bond acceptors (Lipinski definition) is 2. The molecule has 0 N–H and O–H groups in total. The average molecular weight is 503 g/mol. The molecule has 1 aliphatic rings. The first-order valence-corrected chi connectivity index (χ1v) is 11.8. The van der Waals surface area contributed by atoms with Crippen LogP contribution in [0.4, 0.5) is 4.39 Å². The summed E-state index contributed by atoms with van der Waals surface area (Å²) in [6.45, 7) is 2.81. The maximum Gasteiger partial charge on any atom is 0.134 e. The molecule has 33 heavy (non-hydrogen) atoms. The summed E-state index contributed by atoms with van der Waals surface area (Å²) in [6.07, 6.45) is -0.220. The Balaban J connectivity index is 1.54. The highest BCUT2D eigenvalue weighted by Crippen LogP contribution is 2.46. The van der Waals surface area contributed by atoms with Gasteiger partial charge in [-0.25, -0.2) is 4.39 Å². The van der Waals surface area contributed by atoms with Crippen LogP contribution in [0.15, 0.2) is 95.5 Å². The summed E-state index contributed by atoms with van der Waals surface area (Å²) in [6, 6.07) is 30.0. The third-order valence-electron chi connectivity index (χ3n) is 6.17. The van der Waals surface area contributed by atoms with Crippen LogP contribution in [0.25, 0.3) is 0 Å². The molecule has 2 nitrogen and oxygen atoms in total. The van der Waals surface area contributed by atoms with E-state index in [-0.39, 0.29) is 17.8 Å². The highest BCUT2D eigenvalue weighted by molar-refractivity contribution is 9.10. The number of halogens is 2. The number of benzene rings is 4. The molecule has 5 rings (SSSR count). The number of hydrogen-bond donors (Lipinski definition) is 0. The molecule has 166 valence electrons. The summed E-state index contributed by atoms with van der Waals surface area (Å²) in [5.74, 6) is 0.548. The maximum atomic E-state index is 14.0. The van der Waals surface area contributed by atoms with Gasteiger partial charge < -0.3 is 9.47 Å². The van der Waals surface area contributed by atoms with Gasteiger partial charge >= 0.3 is 0 Å². The van der Waals surface area contributed by atoms with Gasteiger partial charge in [0.25, 0.3) is 0 Å². The molecule has 0 aromatic heterocycles. The van der Waals surface area contributed by atoms with Gasteiger partial charge in [0.1, 0.15) is 18.2 Å². The van der Waals surface area contributed by atoms with Crippen molar-refractivity contribution in [2.24, 2.45) is 0 Å². The molecule has 0 saturated carbocycles. The van der Waals surface area contributed by atoms with E-state index in [0.29, 0.717) is 18.8 Å². The quantitative estimate of drug-likeness (QED) is 0.276. The minimum Gasteiger partial charge on any atom is -0.488 e. The van der Waals surface area contributed by atoms with Crippen molar-refractivity contribution in [3.05, 3.63) is 135 Å². The second kappa shape index (κ2) is 9.50. The molecule has 4 heteroatoms. The lowest BCUT2D eigenvalue weighted by molar-refractivity contribution is 0.0148. The predicted octanol–water partition coefficient (Wildman–Crippen LogP) is 7.88. The minimum atomic E-state index is -0.220. The van der Waals surface area contributed by atoms with Gasteiger partial charge in [0, 0.05) is 5.92 Å². The molecule has 1 aliphatic heterocycles. The Bertz CT molecular complexity index is 1270. The van der Waals surface area contributed by atoms with E-state index in [1.165, 1.54) is 17.2 Å². The molecule has 4 aromatic rings. The Morgan fingerprint density at radius 2 is 1.67 bits per heavy atom. The van der Waals surface area contributed by atoms with Crippen molar-refractivity contribution < 1.29 is 13.9 Å². The van der Waals surface area contributed by atoms with Crippen molar-refractivity contribution >= 4 is 15.9 Å². The van der Waals surface area contributed by atoms with Crippen LogP contribution in [0.3, 0.4) is 0 Å².